The van der Waals surface area contributed by atoms with Gasteiger partial charge >= 0.3 is 0 Å². The number of aromatic nitrogens is 2. The maximum atomic E-state index is 9.36. The zero-order valence-corrected chi connectivity index (χ0v) is 13.9. The van der Waals surface area contributed by atoms with Gasteiger partial charge in [0, 0.05) is 37.7 Å². The second-order valence-electron chi connectivity index (χ2n) is 6.11. The summed E-state index contributed by atoms with van der Waals surface area (Å²) in [5.41, 5.74) is 7.55. The Bertz CT molecular complexity index is 682. The first kappa shape index (κ1) is 16.9. The first-order valence-electron chi connectivity index (χ1n) is 8.22. The van der Waals surface area contributed by atoms with Crippen molar-refractivity contribution in [1.82, 2.24) is 14.9 Å². The molecule has 2 unspecified atom stereocenters. The maximum absolute atomic E-state index is 9.36. The maximum Gasteiger partial charge on any atom is 0.232 e. The standard InChI is InChI=1S/C17H24N4O3/c1-23-13-2-3-15-16(8-13)20-17(9-19-15)24-7-6-21-5-4-14(18)12(10-21)11-22/h2-3,8-9,12,14,22H,4-7,10-11,18H2,1H3. The number of ether oxygens (including phenoxy) is 2. The quantitative estimate of drug-likeness (QED) is 0.802. The lowest BCUT2D eigenvalue weighted by Crippen LogP contribution is -2.49. The van der Waals surface area contributed by atoms with Crippen molar-refractivity contribution in [2.24, 2.45) is 11.7 Å². The number of aliphatic hydroxyl groups excluding tert-OH is 1. The van der Waals surface area contributed by atoms with Crippen LogP contribution in [0.2, 0.25) is 0 Å². The van der Waals surface area contributed by atoms with E-state index < -0.39 is 0 Å². The lowest BCUT2D eigenvalue weighted by molar-refractivity contribution is 0.0922. The fourth-order valence-corrected chi connectivity index (χ4v) is 2.97. The molecule has 1 aliphatic heterocycles. The average Bonchev–Trinajstić information content (AvgIpc) is 2.62. The smallest absolute Gasteiger partial charge is 0.232 e. The van der Waals surface area contributed by atoms with Crippen LogP contribution in [0, 0.1) is 5.92 Å². The molecular weight excluding hydrogens is 308 g/mol. The Balaban J connectivity index is 1.55. The molecule has 0 radical (unpaired) electrons. The number of nitrogens with zero attached hydrogens (tertiary/aromatic N) is 3. The molecule has 130 valence electrons. The summed E-state index contributed by atoms with van der Waals surface area (Å²) < 4.78 is 10.9. The topological polar surface area (TPSA) is 93.7 Å². The van der Waals surface area contributed by atoms with Crippen LogP contribution in [-0.2, 0) is 0 Å². The van der Waals surface area contributed by atoms with E-state index in [0.717, 1.165) is 42.8 Å². The van der Waals surface area contributed by atoms with Gasteiger partial charge in [0.25, 0.3) is 0 Å². The third-order valence-electron chi connectivity index (χ3n) is 4.50. The third-order valence-corrected chi connectivity index (χ3v) is 4.50. The van der Waals surface area contributed by atoms with E-state index in [0.29, 0.717) is 12.5 Å². The molecule has 2 heterocycles. The number of piperidine rings is 1. The predicted molar refractivity (Wildman–Crippen MR) is 91.2 cm³/mol. The van der Waals surface area contributed by atoms with Gasteiger partial charge in [-0.15, -0.1) is 0 Å². The van der Waals surface area contributed by atoms with E-state index >= 15 is 0 Å². The number of aliphatic hydroxyl groups is 1. The monoisotopic (exact) mass is 332 g/mol. The minimum absolute atomic E-state index is 0.0912. The number of benzene rings is 1. The van der Waals surface area contributed by atoms with Crippen LogP contribution in [-0.4, -0.2) is 66.0 Å². The molecule has 1 fully saturated rings. The van der Waals surface area contributed by atoms with Crippen LogP contribution in [0.15, 0.2) is 24.4 Å². The minimum Gasteiger partial charge on any atom is -0.497 e. The number of fused-ring (bicyclic) bond motifs is 1. The summed E-state index contributed by atoms with van der Waals surface area (Å²) in [6.45, 7) is 3.18. The molecule has 0 amide bonds. The summed E-state index contributed by atoms with van der Waals surface area (Å²) in [7, 11) is 1.62. The molecule has 3 rings (SSSR count). The van der Waals surface area contributed by atoms with Crippen LogP contribution in [0.25, 0.3) is 11.0 Å². The predicted octanol–water partition coefficient (Wildman–Crippen LogP) is 0.659. The number of rotatable bonds is 6. The van der Waals surface area contributed by atoms with E-state index in [9.17, 15) is 5.11 Å². The molecule has 2 atom stereocenters. The van der Waals surface area contributed by atoms with Crippen molar-refractivity contribution >= 4 is 11.0 Å². The third kappa shape index (κ3) is 3.92. The molecule has 2 aromatic rings. The first-order chi connectivity index (χ1) is 11.7. The molecule has 0 saturated carbocycles. The first-order valence-corrected chi connectivity index (χ1v) is 8.22. The van der Waals surface area contributed by atoms with Gasteiger partial charge in [0.05, 0.1) is 24.3 Å². The molecule has 1 saturated heterocycles. The van der Waals surface area contributed by atoms with Crippen molar-refractivity contribution in [1.29, 1.82) is 0 Å². The molecule has 1 aliphatic rings. The van der Waals surface area contributed by atoms with Crippen molar-refractivity contribution in [3.05, 3.63) is 24.4 Å². The van der Waals surface area contributed by atoms with Crippen molar-refractivity contribution in [3.8, 4) is 11.6 Å². The fourth-order valence-electron chi connectivity index (χ4n) is 2.97. The fraction of sp³-hybridized carbons (Fsp3) is 0.529. The molecule has 0 aliphatic carbocycles. The van der Waals surface area contributed by atoms with Gasteiger partial charge in [0.15, 0.2) is 0 Å². The normalized spacial score (nSPS) is 21.8. The van der Waals surface area contributed by atoms with Gasteiger partial charge in [-0.1, -0.05) is 0 Å². The highest BCUT2D eigenvalue weighted by Gasteiger charge is 2.25. The summed E-state index contributed by atoms with van der Waals surface area (Å²) in [5.74, 6) is 1.39. The van der Waals surface area contributed by atoms with Gasteiger partial charge in [-0.05, 0) is 25.1 Å². The summed E-state index contributed by atoms with van der Waals surface area (Å²) >= 11 is 0. The van der Waals surface area contributed by atoms with Gasteiger partial charge in [-0.25, -0.2) is 9.97 Å². The summed E-state index contributed by atoms with van der Waals surface area (Å²) in [6, 6.07) is 5.66. The van der Waals surface area contributed by atoms with E-state index in [1.165, 1.54) is 0 Å². The largest absolute Gasteiger partial charge is 0.497 e. The highest BCUT2D eigenvalue weighted by Crippen LogP contribution is 2.20. The molecule has 0 bridgehead atoms. The van der Waals surface area contributed by atoms with Gasteiger partial charge < -0.3 is 20.3 Å². The Morgan fingerprint density at radius 2 is 2.25 bits per heavy atom. The number of hydrogen-bond donors (Lipinski definition) is 2. The Kier molecular flexibility index (Phi) is 5.44. The van der Waals surface area contributed by atoms with Crippen molar-refractivity contribution in [2.45, 2.75) is 12.5 Å². The molecule has 3 N–H and O–H groups in total. The molecular formula is C17H24N4O3. The van der Waals surface area contributed by atoms with Crippen LogP contribution in [0.3, 0.4) is 0 Å². The molecule has 1 aromatic carbocycles. The Morgan fingerprint density at radius 3 is 3.04 bits per heavy atom. The van der Waals surface area contributed by atoms with Crippen LogP contribution < -0.4 is 15.2 Å². The second-order valence-corrected chi connectivity index (χ2v) is 6.11. The highest BCUT2D eigenvalue weighted by atomic mass is 16.5. The van der Waals surface area contributed by atoms with E-state index in [2.05, 4.69) is 14.9 Å². The van der Waals surface area contributed by atoms with Crippen molar-refractivity contribution in [2.75, 3.05) is 40.0 Å². The van der Waals surface area contributed by atoms with Gasteiger partial charge in [-0.3, -0.25) is 4.90 Å². The van der Waals surface area contributed by atoms with Gasteiger partial charge in [-0.2, -0.15) is 0 Å². The molecule has 7 nitrogen and oxygen atoms in total. The van der Waals surface area contributed by atoms with Crippen LogP contribution in [0.4, 0.5) is 0 Å². The van der Waals surface area contributed by atoms with Crippen LogP contribution >= 0.6 is 0 Å². The Morgan fingerprint density at radius 1 is 1.38 bits per heavy atom. The van der Waals surface area contributed by atoms with Crippen molar-refractivity contribution < 1.29 is 14.6 Å². The van der Waals surface area contributed by atoms with Crippen molar-refractivity contribution in [3.63, 3.8) is 0 Å². The van der Waals surface area contributed by atoms with E-state index in [4.69, 9.17) is 15.2 Å². The highest BCUT2D eigenvalue weighted by molar-refractivity contribution is 5.76. The van der Waals surface area contributed by atoms with E-state index in [1.807, 2.05) is 18.2 Å². The van der Waals surface area contributed by atoms with Crippen LogP contribution in [0.1, 0.15) is 6.42 Å². The number of likely N-dealkylation sites (tertiary alicyclic amines) is 1. The van der Waals surface area contributed by atoms with E-state index in [1.54, 1.807) is 13.3 Å². The molecule has 1 aromatic heterocycles. The lowest BCUT2D eigenvalue weighted by atomic mass is 9.94. The average molecular weight is 332 g/mol. The SMILES string of the molecule is COc1ccc2ncc(OCCN3CCC(N)C(CO)C3)nc2c1. The summed E-state index contributed by atoms with van der Waals surface area (Å²) in [6.07, 6.45) is 2.54. The van der Waals surface area contributed by atoms with Gasteiger partial charge in [0.2, 0.25) is 5.88 Å². The molecule has 0 spiro atoms. The van der Waals surface area contributed by atoms with E-state index in [-0.39, 0.29) is 18.6 Å². The zero-order chi connectivity index (χ0) is 16.9. The minimum atomic E-state index is 0.0912. The second kappa shape index (κ2) is 7.74. The Labute approximate surface area is 141 Å². The number of hydrogen-bond acceptors (Lipinski definition) is 7. The molecule has 24 heavy (non-hydrogen) atoms. The Hall–Kier alpha value is -1.96. The summed E-state index contributed by atoms with van der Waals surface area (Å²) in [5, 5.41) is 9.36. The summed E-state index contributed by atoms with van der Waals surface area (Å²) in [4.78, 5) is 11.1. The zero-order valence-electron chi connectivity index (χ0n) is 13.9. The van der Waals surface area contributed by atoms with Gasteiger partial charge in [0.1, 0.15) is 12.4 Å². The number of methoxy groups -OCH3 is 1. The molecule has 7 heteroatoms. The van der Waals surface area contributed by atoms with Crippen LogP contribution in [0.5, 0.6) is 11.6 Å². The number of nitrogens with two attached hydrogens (primary N) is 1. The lowest BCUT2D eigenvalue weighted by Gasteiger charge is -2.35.